The smallest absolute Gasteiger partial charge is 0.342 e. The van der Waals surface area contributed by atoms with Gasteiger partial charge in [-0.2, -0.15) is 13.2 Å². The number of anilines is 1. The predicted octanol–water partition coefficient (Wildman–Crippen LogP) is 3.25. The highest BCUT2D eigenvalue weighted by Crippen LogP contribution is 2.35. The number of rotatable bonds is 6. The number of unbranched alkanes of at least 4 members (excludes halogenated alkanes) is 2. The summed E-state index contributed by atoms with van der Waals surface area (Å²) >= 11 is 0. The molecule has 0 saturated heterocycles. The van der Waals surface area contributed by atoms with Gasteiger partial charge < -0.3 is 10.3 Å². The highest BCUT2D eigenvalue weighted by atomic mass is 19.4. The third kappa shape index (κ3) is 4.63. The standard InChI is InChI=1S/C14H20F3N3O/c1-3-4-5-8-20(2)13(21)10-6-7-12(19-18)11(9-10)14(15,16)17/h6-7,9,19H,3-5,8,18H2,1-2H3. The van der Waals surface area contributed by atoms with Gasteiger partial charge in [0, 0.05) is 19.2 Å². The van der Waals surface area contributed by atoms with Crippen molar-refractivity contribution in [3.8, 4) is 0 Å². The number of carbonyl (C=O) groups excluding carboxylic acids is 1. The Balaban J connectivity index is 2.95. The molecule has 0 aliphatic rings. The van der Waals surface area contributed by atoms with Crippen LogP contribution in [0.25, 0.3) is 0 Å². The average molecular weight is 303 g/mol. The molecule has 1 aromatic rings. The largest absolute Gasteiger partial charge is 0.418 e. The van der Waals surface area contributed by atoms with Crippen LogP contribution in [0.1, 0.15) is 42.1 Å². The van der Waals surface area contributed by atoms with Crippen molar-refractivity contribution in [1.82, 2.24) is 4.90 Å². The van der Waals surface area contributed by atoms with E-state index < -0.39 is 17.6 Å². The van der Waals surface area contributed by atoms with Crippen LogP contribution in [0, 0.1) is 0 Å². The molecule has 0 heterocycles. The Labute approximate surface area is 122 Å². The summed E-state index contributed by atoms with van der Waals surface area (Å²) in [5.74, 6) is 4.64. The number of hydrazine groups is 1. The van der Waals surface area contributed by atoms with Crippen molar-refractivity contribution in [2.75, 3.05) is 19.0 Å². The fraction of sp³-hybridized carbons (Fsp3) is 0.500. The molecule has 0 radical (unpaired) electrons. The molecule has 0 atom stereocenters. The van der Waals surface area contributed by atoms with Gasteiger partial charge in [0.15, 0.2) is 0 Å². The number of halogens is 3. The third-order valence-corrected chi connectivity index (χ3v) is 3.17. The molecule has 3 N–H and O–H groups in total. The van der Waals surface area contributed by atoms with Crippen molar-refractivity contribution in [1.29, 1.82) is 0 Å². The monoisotopic (exact) mass is 303 g/mol. The van der Waals surface area contributed by atoms with Gasteiger partial charge in [0.1, 0.15) is 0 Å². The summed E-state index contributed by atoms with van der Waals surface area (Å²) in [7, 11) is 1.58. The molecule has 0 fully saturated rings. The zero-order chi connectivity index (χ0) is 16.0. The van der Waals surface area contributed by atoms with E-state index in [1.807, 2.05) is 12.3 Å². The Kier molecular flexibility index (Phi) is 6.02. The number of nitrogens with two attached hydrogens (primary N) is 1. The van der Waals surface area contributed by atoms with Gasteiger partial charge >= 0.3 is 6.18 Å². The van der Waals surface area contributed by atoms with E-state index in [4.69, 9.17) is 5.84 Å². The molecule has 0 saturated carbocycles. The minimum atomic E-state index is -4.57. The van der Waals surface area contributed by atoms with E-state index >= 15 is 0 Å². The summed E-state index contributed by atoms with van der Waals surface area (Å²) < 4.78 is 38.7. The molecule has 4 nitrogen and oxygen atoms in total. The van der Waals surface area contributed by atoms with Gasteiger partial charge in [-0.25, -0.2) is 0 Å². The normalized spacial score (nSPS) is 11.3. The Hall–Kier alpha value is -1.76. The van der Waals surface area contributed by atoms with Crippen molar-refractivity contribution in [3.05, 3.63) is 29.3 Å². The van der Waals surface area contributed by atoms with Crippen LogP contribution in [0.2, 0.25) is 0 Å². The molecular formula is C14H20F3N3O. The quantitative estimate of drug-likeness (QED) is 0.482. The molecule has 118 valence electrons. The first-order valence-electron chi connectivity index (χ1n) is 6.74. The van der Waals surface area contributed by atoms with Gasteiger partial charge in [-0.1, -0.05) is 19.8 Å². The molecule has 21 heavy (non-hydrogen) atoms. The zero-order valence-corrected chi connectivity index (χ0v) is 12.1. The first-order chi connectivity index (χ1) is 9.81. The average Bonchev–Trinajstić information content (AvgIpc) is 2.45. The summed E-state index contributed by atoms with van der Waals surface area (Å²) in [6.07, 6.45) is -1.76. The van der Waals surface area contributed by atoms with E-state index in [1.54, 1.807) is 7.05 Å². The van der Waals surface area contributed by atoms with Crippen LogP contribution in [0.4, 0.5) is 18.9 Å². The number of hydrogen-bond donors (Lipinski definition) is 2. The van der Waals surface area contributed by atoms with Crippen LogP contribution in [-0.2, 0) is 6.18 Å². The number of hydrogen-bond acceptors (Lipinski definition) is 3. The van der Waals surface area contributed by atoms with E-state index in [0.29, 0.717) is 6.54 Å². The summed E-state index contributed by atoms with van der Waals surface area (Å²) in [4.78, 5) is 13.6. The Morgan fingerprint density at radius 1 is 1.33 bits per heavy atom. The molecule has 0 bridgehead atoms. The lowest BCUT2D eigenvalue weighted by Gasteiger charge is -2.19. The first-order valence-corrected chi connectivity index (χ1v) is 6.74. The number of benzene rings is 1. The summed E-state index contributed by atoms with van der Waals surface area (Å²) in [6, 6.07) is 3.33. The molecule has 0 unspecified atom stereocenters. The molecule has 1 rings (SSSR count). The van der Waals surface area contributed by atoms with Crippen molar-refractivity contribution in [2.45, 2.75) is 32.4 Å². The molecule has 0 spiro atoms. The van der Waals surface area contributed by atoms with Crippen LogP contribution >= 0.6 is 0 Å². The second kappa shape index (κ2) is 7.31. The Morgan fingerprint density at radius 2 is 2.00 bits per heavy atom. The third-order valence-electron chi connectivity index (χ3n) is 3.17. The lowest BCUT2D eigenvalue weighted by molar-refractivity contribution is -0.137. The van der Waals surface area contributed by atoms with Crippen LogP contribution in [0.3, 0.4) is 0 Å². The van der Waals surface area contributed by atoms with Crippen LogP contribution in [-0.4, -0.2) is 24.4 Å². The van der Waals surface area contributed by atoms with Crippen molar-refractivity contribution >= 4 is 11.6 Å². The number of nitrogen functional groups attached to an aromatic ring is 1. The van der Waals surface area contributed by atoms with Crippen molar-refractivity contribution in [3.63, 3.8) is 0 Å². The lowest BCUT2D eigenvalue weighted by atomic mass is 10.1. The van der Waals surface area contributed by atoms with Gasteiger partial charge in [0.2, 0.25) is 0 Å². The van der Waals surface area contributed by atoms with E-state index in [1.165, 1.54) is 11.0 Å². The Morgan fingerprint density at radius 3 is 2.52 bits per heavy atom. The molecule has 1 aromatic carbocycles. The van der Waals surface area contributed by atoms with Crippen LogP contribution < -0.4 is 11.3 Å². The number of carbonyl (C=O) groups is 1. The Bertz CT molecular complexity index is 489. The van der Waals surface area contributed by atoms with Gasteiger partial charge in [-0.3, -0.25) is 10.6 Å². The molecule has 0 aromatic heterocycles. The topological polar surface area (TPSA) is 58.4 Å². The van der Waals surface area contributed by atoms with Crippen molar-refractivity contribution < 1.29 is 18.0 Å². The van der Waals surface area contributed by atoms with E-state index in [2.05, 4.69) is 0 Å². The maximum atomic E-state index is 12.9. The highest BCUT2D eigenvalue weighted by Gasteiger charge is 2.34. The molecule has 1 amide bonds. The molecule has 0 aliphatic heterocycles. The van der Waals surface area contributed by atoms with E-state index in [9.17, 15) is 18.0 Å². The molecular weight excluding hydrogens is 283 g/mol. The summed E-state index contributed by atoms with van der Waals surface area (Å²) in [5.41, 5.74) is 0.792. The first kappa shape index (κ1) is 17.3. The fourth-order valence-electron chi connectivity index (χ4n) is 1.96. The number of nitrogens with zero attached hydrogens (tertiary/aromatic N) is 1. The maximum Gasteiger partial charge on any atom is 0.418 e. The van der Waals surface area contributed by atoms with Gasteiger partial charge in [0.25, 0.3) is 5.91 Å². The van der Waals surface area contributed by atoms with Gasteiger partial charge in [-0.15, -0.1) is 0 Å². The molecule has 7 heteroatoms. The number of nitrogens with one attached hydrogen (secondary N) is 1. The summed E-state index contributed by atoms with van der Waals surface area (Å²) in [6.45, 7) is 2.56. The van der Waals surface area contributed by atoms with Crippen LogP contribution in [0.5, 0.6) is 0 Å². The second-order valence-electron chi connectivity index (χ2n) is 4.84. The minimum Gasteiger partial charge on any atom is -0.342 e. The van der Waals surface area contributed by atoms with Gasteiger partial charge in [-0.05, 0) is 24.6 Å². The predicted molar refractivity (Wildman–Crippen MR) is 75.7 cm³/mol. The molecule has 0 aliphatic carbocycles. The van der Waals surface area contributed by atoms with Crippen LogP contribution in [0.15, 0.2) is 18.2 Å². The van der Waals surface area contributed by atoms with Crippen molar-refractivity contribution in [2.24, 2.45) is 5.84 Å². The number of alkyl halides is 3. The van der Waals surface area contributed by atoms with E-state index in [0.717, 1.165) is 31.4 Å². The SMILES string of the molecule is CCCCCN(C)C(=O)c1ccc(NN)c(C(F)(F)F)c1. The number of amides is 1. The summed E-state index contributed by atoms with van der Waals surface area (Å²) in [5, 5.41) is 0. The maximum absolute atomic E-state index is 12.9. The second-order valence-corrected chi connectivity index (χ2v) is 4.84. The van der Waals surface area contributed by atoms with E-state index in [-0.39, 0.29) is 11.3 Å². The lowest BCUT2D eigenvalue weighted by Crippen LogP contribution is -2.28. The zero-order valence-electron chi connectivity index (χ0n) is 12.1. The van der Waals surface area contributed by atoms with Gasteiger partial charge in [0.05, 0.1) is 11.3 Å². The minimum absolute atomic E-state index is 0.000300. The fourth-order valence-corrected chi connectivity index (χ4v) is 1.96. The highest BCUT2D eigenvalue weighted by molar-refractivity contribution is 5.94.